The zero-order valence-electron chi connectivity index (χ0n) is 13.9. The number of rotatable bonds is 7. The average Bonchev–Trinajstić information content (AvgIpc) is 2.83. The second kappa shape index (κ2) is 11.1. The summed E-state index contributed by atoms with van der Waals surface area (Å²) in [5.74, 6) is 0.769. The summed E-state index contributed by atoms with van der Waals surface area (Å²) >= 11 is 0. The predicted molar refractivity (Wildman–Crippen MR) is 99.5 cm³/mol. The number of aliphatic imine (C=N–C) groups is 1. The third-order valence-electron chi connectivity index (χ3n) is 3.58. The van der Waals surface area contributed by atoms with E-state index in [0.717, 1.165) is 25.3 Å². The van der Waals surface area contributed by atoms with Crippen molar-refractivity contribution < 1.29 is 13.2 Å². The highest BCUT2D eigenvalue weighted by Crippen LogP contribution is 2.20. The maximum absolute atomic E-state index is 12.4. The zero-order chi connectivity index (χ0) is 16.6. The van der Waals surface area contributed by atoms with E-state index < -0.39 is 12.7 Å². The third-order valence-corrected chi connectivity index (χ3v) is 3.58. The van der Waals surface area contributed by atoms with E-state index in [1.54, 1.807) is 0 Å². The molecule has 1 atom stereocenters. The monoisotopic (exact) mass is 448 g/mol. The lowest BCUT2D eigenvalue weighted by Crippen LogP contribution is -2.46. The van der Waals surface area contributed by atoms with Crippen molar-refractivity contribution in [1.29, 1.82) is 0 Å². The molecule has 1 N–H and O–H groups in total. The molecule has 0 aliphatic carbocycles. The molecule has 1 saturated heterocycles. The molecule has 1 rings (SSSR count). The second-order valence-electron chi connectivity index (χ2n) is 5.63. The number of unbranched alkanes of at least 4 members (excludes halogenated alkanes) is 1. The van der Waals surface area contributed by atoms with Gasteiger partial charge in [-0.25, -0.2) is 0 Å². The number of allylic oxidation sites excluding steroid dienone is 1. The van der Waals surface area contributed by atoms with Crippen LogP contribution in [0, 0.1) is 0 Å². The van der Waals surface area contributed by atoms with E-state index in [1.165, 1.54) is 4.90 Å². The Morgan fingerprint density at radius 2 is 2.17 bits per heavy atom. The van der Waals surface area contributed by atoms with Crippen LogP contribution in [-0.4, -0.2) is 67.7 Å². The van der Waals surface area contributed by atoms with Gasteiger partial charge in [-0.1, -0.05) is 6.08 Å². The summed E-state index contributed by atoms with van der Waals surface area (Å²) < 4.78 is 37.3. The van der Waals surface area contributed by atoms with Crippen molar-refractivity contribution in [2.45, 2.75) is 38.4 Å². The molecule has 0 aromatic rings. The Morgan fingerprint density at radius 1 is 1.48 bits per heavy atom. The predicted octanol–water partition coefficient (Wildman–Crippen LogP) is 3.10. The van der Waals surface area contributed by atoms with Gasteiger partial charge in [0.25, 0.3) is 0 Å². The fourth-order valence-electron chi connectivity index (χ4n) is 2.54. The van der Waals surface area contributed by atoms with Crippen molar-refractivity contribution in [3.8, 4) is 0 Å². The molecule has 0 spiro atoms. The number of alkyl halides is 3. The van der Waals surface area contributed by atoms with Crippen molar-refractivity contribution in [2.24, 2.45) is 4.99 Å². The Labute approximate surface area is 154 Å². The quantitative estimate of drug-likeness (QED) is 0.214. The molecule has 0 aromatic carbocycles. The highest BCUT2D eigenvalue weighted by Gasteiger charge is 2.34. The van der Waals surface area contributed by atoms with E-state index in [4.69, 9.17) is 0 Å². The maximum atomic E-state index is 12.4. The zero-order valence-corrected chi connectivity index (χ0v) is 16.2. The average molecular weight is 448 g/mol. The third kappa shape index (κ3) is 9.39. The topological polar surface area (TPSA) is 30.9 Å². The lowest BCUT2D eigenvalue weighted by Gasteiger charge is -2.25. The molecule has 1 fully saturated rings. The van der Waals surface area contributed by atoms with E-state index in [2.05, 4.69) is 16.9 Å². The van der Waals surface area contributed by atoms with E-state index in [9.17, 15) is 13.2 Å². The van der Waals surface area contributed by atoms with Gasteiger partial charge in [0.1, 0.15) is 0 Å². The summed E-state index contributed by atoms with van der Waals surface area (Å²) in [6.45, 7) is 7.18. The smallest absolute Gasteiger partial charge is 0.352 e. The van der Waals surface area contributed by atoms with Crippen molar-refractivity contribution >= 4 is 29.9 Å². The summed E-state index contributed by atoms with van der Waals surface area (Å²) in [5, 5.41) is 3.30. The van der Waals surface area contributed by atoms with E-state index in [1.807, 2.05) is 24.9 Å². The number of halogens is 4. The molecular formula is C15H28F3IN4. The van der Waals surface area contributed by atoms with Crippen LogP contribution < -0.4 is 5.32 Å². The number of hydrogen-bond donors (Lipinski definition) is 1. The molecule has 0 bridgehead atoms. The summed E-state index contributed by atoms with van der Waals surface area (Å²) in [7, 11) is 1.95. The van der Waals surface area contributed by atoms with Crippen LogP contribution in [0.1, 0.15) is 26.2 Å². The molecule has 0 saturated carbocycles. The first-order valence-corrected chi connectivity index (χ1v) is 7.77. The molecular weight excluding hydrogens is 420 g/mol. The normalized spacial score (nSPS) is 19.3. The first kappa shape index (κ1) is 22.5. The van der Waals surface area contributed by atoms with Crippen molar-refractivity contribution in [2.75, 3.05) is 39.8 Å². The fraction of sp³-hybridized carbons (Fsp3) is 0.800. The van der Waals surface area contributed by atoms with Gasteiger partial charge in [-0.05, 0) is 26.2 Å². The Hall–Kier alpha value is -0.510. The fourth-order valence-corrected chi connectivity index (χ4v) is 2.54. The van der Waals surface area contributed by atoms with E-state index in [-0.39, 0.29) is 30.0 Å². The van der Waals surface area contributed by atoms with Gasteiger partial charge in [0.2, 0.25) is 0 Å². The van der Waals surface area contributed by atoms with Crippen LogP contribution in [0.25, 0.3) is 0 Å². The van der Waals surface area contributed by atoms with Gasteiger partial charge in [-0.15, -0.1) is 30.6 Å². The van der Waals surface area contributed by atoms with Gasteiger partial charge in [-0.2, -0.15) is 13.2 Å². The van der Waals surface area contributed by atoms with Gasteiger partial charge >= 0.3 is 6.18 Å². The highest BCUT2D eigenvalue weighted by molar-refractivity contribution is 14.0. The number of nitrogens with one attached hydrogen (secondary N) is 1. The lowest BCUT2D eigenvalue weighted by molar-refractivity contribution is -0.143. The van der Waals surface area contributed by atoms with Crippen LogP contribution in [-0.2, 0) is 0 Å². The van der Waals surface area contributed by atoms with Crippen molar-refractivity contribution in [1.82, 2.24) is 15.1 Å². The summed E-state index contributed by atoms with van der Waals surface area (Å²) in [4.78, 5) is 7.90. The van der Waals surface area contributed by atoms with Gasteiger partial charge < -0.3 is 10.2 Å². The molecule has 1 aliphatic rings. The van der Waals surface area contributed by atoms with Crippen LogP contribution in [0.15, 0.2) is 17.6 Å². The van der Waals surface area contributed by atoms with Crippen LogP contribution in [0.4, 0.5) is 13.2 Å². The van der Waals surface area contributed by atoms with E-state index in [0.29, 0.717) is 26.1 Å². The van der Waals surface area contributed by atoms with Crippen LogP contribution in [0.5, 0.6) is 0 Å². The molecule has 0 amide bonds. The van der Waals surface area contributed by atoms with Crippen molar-refractivity contribution in [3.63, 3.8) is 0 Å². The number of likely N-dealkylation sites (tertiary alicyclic amines) is 1. The largest absolute Gasteiger partial charge is 0.401 e. The number of guanidine groups is 1. The maximum Gasteiger partial charge on any atom is 0.401 e. The standard InChI is InChI=1S/C15H27F3N4.HI/c1-4-6-7-9-21(3)14(19-5-2)20-13-8-10-22(11-13)12-15(16,17)18;/h4,13H,1,5-12H2,2-3H3,(H,19,20);1H. The molecule has 8 heteroatoms. The lowest BCUT2D eigenvalue weighted by atomic mass is 10.2. The minimum atomic E-state index is -4.13. The Morgan fingerprint density at radius 3 is 2.74 bits per heavy atom. The Kier molecular flexibility index (Phi) is 10.9. The molecule has 4 nitrogen and oxygen atoms in total. The minimum Gasteiger partial charge on any atom is -0.352 e. The molecule has 0 radical (unpaired) electrons. The van der Waals surface area contributed by atoms with Gasteiger partial charge in [0.05, 0.1) is 6.54 Å². The molecule has 136 valence electrons. The van der Waals surface area contributed by atoms with Crippen LogP contribution in [0.3, 0.4) is 0 Å². The van der Waals surface area contributed by atoms with Gasteiger partial charge in [0.15, 0.2) is 5.96 Å². The Bertz CT molecular complexity index is 374. The van der Waals surface area contributed by atoms with Crippen LogP contribution >= 0.6 is 24.0 Å². The molecule has 1 heterocycles. The Balaban J connectivity index is 0.00000484. The first-order valence-electron chi connectivity index (χ1n) is 7.77. The summed E-state index contributed by atoms with van der Waals surface area (Å²) in [6.07, 6.45) is 0.377. The highest BCUT2D eigenvalue weighted by atomic mass is 127. The van der Waals surface area contributed by atoms with E-state index >= 15 is 0 Å². The summed E-state index contributed by atoms with van der Waals surface area (Å²) in [6, 6.07) is 0.0227. The molecule has 1 unspecified atom stereocenters. The second-order valence-corrected chi connectivity index (χ2v) is 5.63. The SMILES string of the molecule is C=CCCCN(C)C(=NCC)NC1CCN(CC(F)(F)F)C1.I. The number of nitrogens with zero attached hydrogens (tertiary/aromatic N) is 3. The molecule has 1 aliphatic heterocycles. The van der Waals surface area contributed by atoms with Gasteiger partial charge in [-0.3, -0.25) is 9.89 Å². The first-order chi connectivity index (χ1) is 10.4. The van der Waals surface area contributed by atoms with Crippen molar-refractivity contribution in [3.05, 3.63) is 12.7 Å². The molecule has 23 heavy (non-hydrogen) atoms. The van der Waals surface area contributed by atoms with Crippen LogP contribution in [0.2, 0.25) is 0 Å². The summed E-state index contributed by atoms with van der Waals surface area (Å²) in [5.41, 5.74) is 0. The minimum absolute atomic E-state index is 0. The van der Waals surface area contributed by atoms with Gasteiger partial charge in [0, 0.05) is 39.3 Å². The molecule has 0 aromatic heterocycles. The number of hydrogen-bond acceptors (Lipinski definition) is 2.